The molecule has 1 heterocycles. The maximum Gasteiger partial charge on any atom is 0.328 e. The average molecular weight is 293 g/mol. The second kappa shape index (κ2) is 6.22. The Kier molecular flexibility index (Phi) is 4.60. The molecular formula is C15H19NO3S. The third-order valence-corrected chi connectivity index (χ3v) is 4.97. The van der Waals surface area contributed by atoms with Gasteiger partial charge in [-0.25, -0.2) is 4.79 Å². The molecule has 108 valence electrons. The molecule has 0 bridgehead atoms. The van der Waals surface area contributed by atoms with E-state index in [1.54, 1.807) is 0 Å². The number of rotatable bonds is 5. The second-order valence-corrected chi connectivity index (χ2v) is 6.37. The van der Waals surface area contributed by atoms with Gasteiger partial charge in [-0.3, -0.25) is 4.79 Å². The van der Waals surface area contributed by atoms with Gasteiger partial charge in [0.1, 0.15) is 0 Å². The Morgan fingerprint density at radius 1 is 1.50 bits per heavy atom. The number of hydrogen-bond acceptors (Lipinski definition) is 3. The van der Waals surface area contributed by atoms with Crippen molar-refractivity contribution in [1.29, 1.82) is 0 Å². The summed E-state index contributed by atoms with van der Waals surface area (Å²) in [6.45, 7) is 3.93. The zero-order valence-corrected chi connectivity index (χ0v) is 12.5. The molecule has 4 nitrogen and oxygen atoms in total. The Balaban J connectivity index is 2.02. The van der Waals surface area contributed by atoms with Crippen molar-refractivity contribution < 1.29 is 14.7 Å². The zero-order valence-electron chi connectivity index (χ0n) is 11.7. The number of aliphatic carboxylic acids is 1. The maximum absolute atomic E-state index is 12.2. The Morgan fingerprint density at radius 2 is 2.20 bits per heavy atom. The molecule has 1 atom stereocenters. The number of nitrogens with one attached hydrogen (secondary N) is 1. The quantitative estimate of drug-likeness (QED) is 0.820. The van der Waals surface area contributed by atoms with E-state index in [9.17, 15) is 9.59 Å². The molecule has 1 fully saturated rings. The summed E-state index contributed by atoms with van der Waals surface area (Å²) in [5, 5.41) is 11.7. The molecule has 0 spiro atoms. The van der Waals surface area contributed by atoms with E-state index >= 15 is 0 Å². The number of carbonyl (C=O) groups is 2. The van der Waals surface area contributed by atoms with Crippen LogP contribution in [0.25, 0.3) is 6.08 Å². The van der Waals surface area contributed by atoms with Crippen molar-refractivity contribution in [3.8, 4) is 0 Å². The summed E-state index contributed by atoms with van der Waals surface area (Å²) in [5.41, 5.74) is 0.925. The van der Waals surface area contributed by atoms with Crippen LogP contribution >= 0.6 is 11.3 Å². The van der Waals surface area contributed by atoms with Gasteiger partial charge in [0.2, 0.25) is 0 Å². The van der Waals surface area contributed by atoms with Crippen molar-refractivity contribution in [2.45, 2.75) is 39.2 Å². The van der Waals surface area contributed by atoms with Crippen LogP contribution in [0.4, 0.5) is 0 Å². The average Bonchev–Trinajstić information content (AvgIpc) is 2.65. The Morgan fingerprint density at radius 3 is 2.75 bits per heavy atom. The molecule has 0 radical (unpaired) electrons. The lowest BCUT2D eigenvalue weighted by Gasteiger charge is -2.31. The number of carboxylic acids is 1. The smallest absolute Gasteiger partial charge is 0.328 e. The first-order chi connectivity index (χ1) is 9.47. The highest BCUT2D eigenvalue weighted by Gasteiger charge is 2.25. The van der Waals surface area contributed by atoms with Crippen LogP contribution in [0.15, 0.2) is 12.1 Å². The van der Waals surface area contributed by atoms with Gasteiger partial charge >= 0.3 is 5.97 Å². The third-order valence-electron chi connectivity index (χ3n) is 3.77. The Bertz CT molecular complexity index is 543. The lowest BCUT2D eigenvalue weighted by Crippen LogP contribution is -2.40. The minimum atomic E-state index is -0.984. The molecule has 0 saturated heterocycles. The van der Waals surface area contributed by atoms with E-state index in [0.717, 1.165) is 16.5 Å². The molecule has 0 aliphatic heterocycles. The van der Waals surface area contributed by atoms with E-state index in [0.29, 0.717) is 10.8 Å². The summed E-state index contributed by atoms with van der Waals surface area (Å²) in [6.07, 6.45) is 6.27. The molecule has 1 aliphatic rings. The molecule has 0 aromatic carbocycles. The highest BCUT2D eigenvalue weighted by molar-refractivity contribution is 7.15. The van der Waals surface area contributed by atoms with Crippen molar-refractivity contribution in [2.75, 3.05) is 0 Å². The molecule has 20 heavy (non-hydrogen) atoms. The van der Waals surface area contributed by atoms with Crippen molar-refractivity contribution in [1.82, 2.24) is 5.32 Å². The third kappa shape index (κ3) is 3.48. The number of carbonyl (C=O) groups excluding carboxylic acids is 1. The predicted molar refractivity (Wildman–Crippen MR) is 80.0 cm³/mol. The summed E-state index contributed by atoms with van der Waals surface area (Å²) in [4.78, 5) is 24.1. The minimum Gasteiger partial charge on any atom is -0.478 e. The number of amides is 1. The van der Waals surface area contributed by atoms with E-state index in [1.807, 2.05) is 19.9 Å². The SMILES string of the molecule is Cc1cc(C(=O)NC(C)C2CCC2)sc1/C=C/C(=O)O. The summed E-state index contributed by atoms with van der Waals surface area (Å²) in [7, 11) is 0. The monoisotopic (exact) mass is 293 g/mol. The fraction of sp³-hybridized carbons (Fsp3) is 0.467. The molecule has 1 unspecified atom stereocenters. The first-order valence-corrected chi connectivity index (χ1v) is 7.61. The zero-order chi connectivity index (χ0) is 14.7. The van der Waals surface area contributed by atoms with E-state index in [4.69, 9.17) is 5.11 Å². The van der Waals surface area contributed by atoms with Crippen molar-refractivity contribution in [3.05, 3.63) is 27.5 Å². The molecule has 2 N–H and O–H groups in total. The van der Waals surface area contributed by atoms with E-state index in [2.05, 4.69) is 5.32 Å². The van der Waals surface area contributed by atoms with Gasteiger partial charge in [-0.15, -0.1) is 11.3 Å². The number of hydrogen-bond donors (Lipinski definition) is 2. The van der Waals surface area contributed by atoms with Crippen molar-refractivity contribution in [2.24, 2.45) is 5.92 Å². The molecular weight excluding hydrogens is 274 g/mol. The lowest BCUT2D eigenvalue weighted by molar-refractivity contribution is -0.131. The van der Waals surface area contributed by atoms with Gasteiger partial charge in [0.15, 0.2) is 0 Å². The van der Waals surface area contributed by atoms with Crippen LogP contribution in [0.5, 0.6) is 0 Å². The van der Waals surface area contributed by atoms with Crippen molar-refractivity contribution >= 4 is 29.3 Å². The van der Waals surface area contributed by atoms with Crippen LogP contribution < -0.4 is 5.32 Å². The summed E-state index contributed by atoms with van der Waals surface area (Å²) in [6, 6.07) is 2.02. The van der Waals surface area contributed by atoms with Gasteiger partial charge in [-0.2, -0.15) is 0 Å². The van der Waals surface area contributed by atoms with E-state index in [-0.39, 0.29) is 11.9 Å². The molecule has 1 aliphatic carbocycles. The van der Waals surface area contributed by atoms with Gasteiger partial charge in [0.05, 0.1) is 4.88 Å². The fourth-order valence-electron chi connectivity index (χ4n) is 2.26. The van der Waals surface area contributed by atoms with Crippen LogP contribution in [0.3, 0.4) is 0 Å². The maximum atomic E-state index is 12.2. The lowest BCUT2D eigenvalue weighted by atomic mass is 9.80. The van der Waals surface area contributed by atoms with Gasteiger partial charge < -0.3 is 10.4 Å². The van der Waals surface area contributed by atoms with Crippen LogP contribution in [-0.4, -0.2) is 23.0 Å². The molecule has 1 saturated carbocycles. The molecule has 1 aromatic heterocycles. The summed E-state index contributed by atoms with van der Waals surface area (Å²) in [5.74, 6) is -0.443. The fourth-order valence-corrected chi connectivity index (χ4v) is 3.24. The normalized spacial score (nSPS) is 16.9. The largest absolute Gasteiger partial charge is 0.478 e. The summed E-state index contributed by atoms with van der Waals surface area (Å²) < 4.78 is 0. The van der Waals surface area contributed by atoms with Crippen molar-refractivity contribution in [3.63, 3.8) is 0 Å². The first kappa shape index (κ1) is 14.8. The first-order valence-electron chi connectivity index (χ1n) is 6.79. The Labute approximate surface area is 122 Å². The van der Waals surface area contributed by atoms with Gasteiger partial charge in [0.25, 0.3) is 5.91 Å². The molecule has 5 heteroatoms. The molecule has 2 rings (SSSR count). The van der Waals surface area contributed by atoms with E-state index < -0.39 is 5.97 Å². The van der Waals surface area contributed by atoms with Gasteiger partial charge in [-0.05, 0) is 50.3 Å². The molecule has 1 aromatic rings. The van der Waals surface area contributed by atoms with Gasteiger partial charge in [-0.1, -0.05) is 6.42 Å². The summed E-state index contributed by atoms with van der Waals surface area (Å²) >= 11 is 1.33. The topological polar surface area (TPSA) is 66.4 Å². The predicted octanol–water partition coefficient (Wildman–Crippen LogP) is 3.07. The second-order valence-electron chi connectivity index (χ2n) is 5.28. The number of aryl methyl sites for hydroxylation is 1. The standard InChI is InChI=1S/C15H19NO3S/c1-9-8-13(20-12(9)6-7-14(17)18)15(19)16-10(2)11-4-3-5-11/h6-8,10-11H,3-5H2,1-2H3,(H,16,19)(H,17,18)/b7-6+. The van der Waals surface area contributed by atoms with E-state index in [1.165, 1.54) is 36.7 Å². The Hall–Kier alpha value is -1.62. The molecule has 1 amide bonds. The number of carboxylic acid groups (broad SMARTS) is 1. The number of thiophene rings is 1. The van der Waals surface area contributed by atoms with Crippen LogP contribution in [-0.2, 0) is 4.79 Å². The van der Waals surface area contributed by atoms with Crippen LogP contribution in [0.1, 0.15) is 46.3 Å². The minimum absolute atomic E-state index is 0.0625. The highest BCUT2D eigenvalue weighted by atomic mass is 32.1. The highest BCUT2D eigenvalue weighted by Crippen LogP contribution is 2.30. The van der Waals surface area contributed by atoms with Crippen LogP contribution in [0, 0.1) is 12.8 Å². The van der Waals surface area contributed by atoms with Gasteiger partial charge in [0, 0.05) is 17.0 Å². The van der Waals surface area contributed by atoms with Crippen LogP contribution in [0.2, 0.25) is 0 Å².